The predicted molar refractivity (Wildman–Crippen MR) is 67.8 cm³/mol. The van der Waals surface area contributed by atoms with Gasteiger partial charge in [0.2, 0.25) is 16.1 Å². The summed E-state index contributed by atoms with van der Waals surface area (Å²) in [4.78, 5) is 14.1. The third-order valence-corrected chi connectivity index (χ3v) is 5.52. The predicted octanol–water partition coefficient (Wildman–Crippen LogP) is 0.596. The van der Waals surface area contributed by atoms with E-state index in [4.69, 9.17) is 0 Å². The van der Waals surface area contributed by atoms with Crippen LogP contribution >= 0.6 is 0 Å². The highest BCUT2D eigenvalue weighted by Gasteiger charge is 2.35. The van der Waals surface area contributed by atoms with E-state index in [-0.39, 0.29) is 17.0 Å². The summed E-state index contributed by atoms with van der Waals surface area (Å²) < 4.78 is 26.5. The third-order valence-electron chi connectivity index (χ3n) is 3.39. The van der Waals surface area contributed by atoms with Crippen molar-refractivity contribution in [3.8, 4) is 0 Å². The molecule has 0 amide bonds. The molecule has 1 aromatic rings. The molecule has 104 valence electrons. The zero-order valence-electron chi connectivity index (χ0n) is 10.8. The molecule has 0 aliphatic carbocycles. The van der Waals surface area contributed by atoms with Crippen LogP contribution in [0.25, 0.3) is 0 Å². The van der Waals surface area contributed by atoms with Gasteiger partial charge in [-0.25, -0.2) is 18.2 Å². The average Bonchev–Trinajstić information content (AvgIpc) is 2.76. The molecule has 1 fully saturated rings. The number of nitrogens with zero attached hydrogens (tertiary/aromatic N) is 3. The van der Waals surface area contributed by atoms with Gasteiger partial charge in [0.1, 0.15) is 4.90 Å². The molecular formula is C11H16N4O3S. The Balaban J connectivity index is 2.24. The average molecular weight is 284 g/mol. The highest BCUT2D eigenvalue weighted by molar-refractivity contribution is 7.89. The number of isocyanates is 1. The highest BCUT2D eigenvalue weighted by atomic mass is 32.2. The van der Waals surface area contributed by atoms with Gasteiger partial charge in [0, 0.05) is 12.6 Å². The van der Waals surface area contributed by atoms with Crippen LogP contribution in [0.4, 0.5) is 0 Å². The van der Waals surface area contributed by atoms with Crippen molar-refractivity contribution in [2.75, 3.05) is 6.54 Å². The van der Waals surface area contributed by atoms with E-state index in [1.807, 2.05) is 6.92 Å². The number of aromatic nitrogens is 2. The Morgan fingerprint density at radius 1 is 1.58 bits per heavy atom. The number of H-pyrrole nitrogens is 1. The molecule has 1 aromatic heterocycles. The maximum Gasteiger partial charge on any atom is 0.246 e. The van der Waals surface area contributed by atoms with Crippen LogP contribution in [0.15, 0.2) is 16.1 Å². The summed E-state index contributed by atoms with van der Waals surface area (Å²) in [5, 5.41) is 6.38. The van der Waals surface area contributed by atoms with Crippen LogP contribution in [0.5, 0.6) is 0 Å². The number of hydrogen-bond acceptors (Lipinski definition) is 5. The first-order valence-corrected chi connectivity index (χ1v) is 7.49. The summed E-state index contributed by atoms with van der Waals surface area (Å²) in [6.07, 6.45) is 3.94. The van der Waals surface area contributed by atoms with Gasteiger partial charge in [-0.1, -0.05) is 0 Å². The molecule has 7 nitrogen and oxygen atoms in total. The van der Waals surface area contributed by atoms with Crippen molar-refractivity contribution >= 4 is 16.1 Å². The van der Waals surface area contributed by atoms with Gasteiger partial charge >= 0.3 is 0 Å². The van der Waals surface area contributed by atoms with Gasteiger partial charge in [0.25, 0.3) is 0 Å². The van der Waals surface area contributed by atoms with Crippen molar-refractivity contribution in [3.05, 3.63) is 11.9 Å². The summed E-state index contributed by atoms with van der Waals surface area (Å²) in [5.41, 5.74) is 0.528. The fourth-order valence-electron chi connectivity index (χ4n) is 2.40. The smallest absolute Gasteiger partial charge is 0.246 e. The van der Waals surface area contributed by atoms with E-state index in [1.165, 1.54) is 10.5 Å². The second kappa shape index (κ2) is 5.24. The van der Waals surface area contributed by atoms with Crippen LogP contribution in [0, 0.1) is 6.92 Å². The monoisotopic (exact) mass is 284 g/mol. The quantitative estimate of drug-likeness (QED) is 0.649. The first kappa shape index (κ1) is 13.9. The Morgan fingerprint density at radius 3 is 2.84 bits per heavy atom. The molecule has 0 bridgehead atoms. The minimum absolute atomic E-state index is 0.135. The zero-order valence-corrected chi connectivity index (χ0v) is 11.6. The van der Waals surface area contributed by atoms with Gasteiger partial charge in [0.15, 0.2) is 0 Å². The second-order valence-electron chi connectivity index (χ2n) is 4.72. The number of aromatic amines is 1. The molecule has 2 rings (SSSR count). The number of aliphatic imine (C=N–C) groups is 1. The minimum atomic E-state index is -3.54. The van der Waals surface area contributed by atoms with E-state index >= 15 is 0 Å². The third kappa shape index (κ3) is 2.60. The lowest BCUT2D eigenvalue weighted by Crippen LogP contribution is -2.45. The number of nitrogens with one attached hydrogen (secondary N) is 1. The van der Waals surface area contributed by atoms with Gasteiger partial charge in [-0.05, 0) is 26.7 Å². The van der Waals surface area contributed by atoms with E-state index in [2.05, 4.69) is 15.2 Å². The van der Waals surface area contributed by atoms with Crippen LogP contribution in [0.3, 0.4) is 0 Å². The van der Waals surface area contributed by atoms with E-state index in [9.17, 15) is 13.2 Å². The second-order valence-corrected chi connectivity index (χ2v) is 6.58. The largest absolute Gasteiger partial charge is 0.281 e. The molecule has 2 atom stereocenters. The van der Waals surface area contributed by atoms with Crippen molar-refractivity contribution in [2.24, 2.45) is 4.99 Å². The maximum absolute atomic E-state index is 12.5. The SMILES string of the molecule is Cc1[nH]ncc1S(=O)(=O)N1CCC(N=C=O)CC1C. The summed E-state index contributed by atoms with van der Waals surface area (Å²) in [6.45, 7) is 3.84. The molecule has 1 N–H and O–H groups in total. The van der Waals surface area contributed by atoms with Gasteiger partial charge < -0.3 is 0 Å². The summed E-state index contributed by atoms with van der Waals surface area (Å²) in [5.74, 6) is 0. The normalized spacial score (nSPS) is 24.9. The Hall–Kier alpha value is -1.50. The number of piperidine rings is 1. The summed E-state index contributed by atoms with van der Waals surface area (Å²) in [7, 11) is -3.54. The van der Waals surface area contributed by atoms with Crippen LogP contribution in [0.1, 0.15) is 25.5 Å². The van der Waals surface area contributed by atoms with Crippen molar-refractivity contribution in [1.82, 2.24) is 14.5 Å². The molecule has 0 spiro atoms. The molecule has 2 unspecified atom stereocenters. The van der Waals surface area contributed by atoms with Crippen LogP contribution in [0.2, 0.25) is 0 Å². The summed E-state index contributed by atoms with van der Waals surface area (Å²) >= 11 is 0. The zero-order chi connectivity index (χ0) is 14.0. The van der Waals surface area contributed by atoms with E-state index in [0.717, 1.165) is 0 Å². The van der Waals surface area contributed by atoms with E-state index in [1.54, 1.807) is 13.0 Å². The number of sulfonamides is 1. The first-order chi connectivity index (χ1) is 8.96. The molecule has 8 heteroatoms. The Bertz CT molecular complexity index is 603. The van der Waals surface area contributed by atoms with Crippen LogP contribution in [-0.4, -0.2) is 47.6 Å². The number of aryl methyl sites for hydroxylation is 1. The molecule has 1 aliphatic heterocycles. The lowest BCUT2D eigenvalue weighted by atomic mass is 10.0. The topological polar surface area (TPSA) is 95.5 Å². The highest BCUT2D eigenvalue weighted by Crippen LogP contribution is 2.27. The Morgan fingerprint density at radius 2 is 2.32 bits per heavy atom. The van der Waals surface area contributed by atoms with Gasteiger partial charge in [-0.2, -0.15) is 9.40 Å². The van der Waals surface area contributed by atoms with Gasteiger partial charge in [0.05, 0.1) is 17.9 Å². The molecule has 0 aromatic carbocycles. The van der Waals surface area contributed by atoms with Gasteiger partial charge in [-0.3, -0.25) is 5.10 Å². The Labute approximate surface area is 111 Å². The molecule has 2 heterocycles. The number of carbonyl (C=O) groups excluding carboxylic acids is 1. The number of rotatable bonds is 3. The van der Waals surface area contributed by atoms with Crippen LogP contribution in [-0.2, 0) is 14.8 Å². The Kier molecular flexibility index (Phi) is 3.84. The molecule has 1 aliphatic rings. The van der Waals surface area contributed by atoms with E-state index in [0.29, 0.717) is 25.1 Å². The first-order valence-electron chi connectivity index (χ1n) is 6.05. The van der Waals surface area contributed by atoms with Crippen molar-refractivity contribution in [1.29, 1.82) is 0 Å². The van der Waals surface area contributed by atoms with Crippen LogP contribution < -0.4 is 0 Å². The molecule has 0 radical (unpaired) electrons. The lowest BCUT2D eigenvalue weighted by Gasteiger charge is -2.34. The fourth-order valence-corrected chi connectivity index (χ4v) is 4.18. The standard InChI is InChI=1S/C11H16N4O3S/c1-8-5-10(12-7-16)3-4-15(8)19(17,18)11-6-13-14-9(11)2/h6,8,10H,3-5H2,1-2H3,(H,13,14). The van der Waals surface area contributed by atoms with Crippen molar-refractivity contribution in [3.63, 3.8) is 0 Å². The lowest BCUT2D eigenvalue weighted by molar-refractivity contribution is 0.248. The van der Waals surface area contributed by atoms with Crippen molar-refractivity contribution in [2.45, 2.75) is 43.7 Å². The molecular weight excluding hydrogens is 268 g/mol. The molecule has 0 saturated carbocycles. The maximum atomic E-state index is 12.5. The minimum Gasteiger partial charge on any atom is -0.281 e. The summed E-state index contributed by atoms with van der Waals surface area (Å²) in [6, 6.07) is -0.334. The number of hydrogen-bond donors (Lipinski definition) is 1. The molecule has 19 heavy (non-hydrogen) atoms. The van der Waals surface area contributed by atoms with Gasteiger partial charge in [-0.15, -0.1) is 0 Å². The van der Waals surface area contributed by atoms with Crippen molar-refractivity contribution < 1.29 is 13.2 Å². The van der Waals surface area contributed by atoms with E-state index < -0.39 is 10.0 Å². The fraction of sp³-hybridized carbons (Fsp3) is 0.636. The molecule has 1 saturated heterocycles.